The van der Waals surface area contributed by atoms with Crippen molar-refractivity contribution in [3.63, 3.8) is 0 Å². The molecule has 0 aliphatic heterocycles. The molecule has 0 aliphatic carbocycles. The zero-order valence-corrected chi connectivity index (χ0v) is 14.2. The van der Waals surface area contributed by atoms with Crippen molar-refractivity contribution in [2.45, 2.75) is 19.6 Å². The lowest BCUT2D eigenvalue weighted by Crippen LogP contribution is -2.07. The van der Waals surface area contributed by atoms with Gasteiger partial charge in [-0.2, -0.15) is 13.2 Å². The maximum Gasteiger partial charge on any atom is 0.416 e. The second kappa shape index (κ2) is 6.40. The fourth-order valence-electron chi connectivity index (χ4n) is 1.92. The maximum atomic E-state index is 12.7. The molecular weight excluding hydrogens is 411 g/mol. The van der Waals surface area contributed by atoms with E-state index in [1.807, 2.05) is 19.1 Å². The molecule has 1 N–H and O–H groups in total. The van der Waals surface area contributed by atoms with Gasteiger partial charge < -0.3 is 5.32 Å². The van der Waals surface area contributed by atoms with Crippen LogP contribution in [-0.4, -0.2) is 0 Å². The fraction of sp³-hybridized carbons (Fsp3) is 0.200. The zero-order chi connectivity index (χ0) is 15.6. The third-order valence-electron chi connectivity index (χ3n) is 2.91. The number of benzene rings is 2. The Morgan fingerprint density at radius 1 is 1.05 bits per heavy atom. The van der Waals surface area contributed by atoms with Crippen molar-refractivity contribution >= 4 is 37.5 Å². The molecule has 0 radical (unpaired) electrons. The van der Waals surface area contributed by atoms with Crippen molar-refractivity contribution in [2.24, 2.45) is 0 Å². The van der Waals surface area contributed by atoms with E-state index in [0.717, 1.165) is 32.3 Å². The smallest absolute Gasteiger partial charge is 0.379 e. The van der Waals surface area contributed by atoms with Gasteiger partial charge in [0.15, 0.2) is 0 Å². The van der Waals surface area contributed by atoms with Crippen LogP contribution in [0.25, 0.3) is 0 Å². The molecule has 0 aromatic heterocycles. The summed E-state index contributed by atoms with van der Waals surface area (Å²) in [6.45, 7) is 2.27. The predicted octanol–water partition coefficient (Wildman–Crippen LogP) is 6.15. The van der Waals surface area contributed by atoms with Gasteiger partial charge in [0.05, 0.1) is 11.3 Å². The van der Waals surface area contributed by atoms with Crippen LogP contribution in [0.3, 0.4) is 0 Å². The fourth-order valence-corrected chi connectivity index (χ4v) is 3.61. The van der Waals surface area contributed by atoms with E-state index in [0.29, 0.717) is 12.1 Å². The minimum absolute atomic E-state index is 0.310. The Kier molecular flexibility index (Phi) is 4.99. The second-order valence-electron chi connectivity index (χ2n) is 4.66. The van der Waals surface area contributed by atoms with Gasteiger partial charge in [-0.25, -0.2) is 0 Å². The average molecular weight is 423 g/mol. The van der Waals surface area contributed by atoms with Crippen molar-refractivity contribution in [3.05, 3.63) is 62.0 Å². The predicted molar refractivity (Wildman–Crippen MR) is 85.3 cm³/mol. The van der Waals surface area contributed by atoms with E-state index in [4.69, 9.17) is 0 Å². The topological polar surface area (TPSA) is 12.0 Å². The van der Waals surface area contributed by atoms with E-state index in [-0.39, 0.29) is 0 Å². The molecule has 0 spiro atoms. The van der Waals surface area contributed by atoms with Crippen LogP contribution in [0.15, 0.2) is 45.3 Å². The molecule has 112 valence electrons. The standard InChI is InChI=1S/C15H12Br2F3N/c1-9-5-12(16)14(13(17)6-9)21-8-10-3-2-4-11(7-10)15(18,19)20/h2-7,21H,8H2,1H3. The highest BCUT2D eigenvalue weighted by Crippen LogP contribution is 2.33. The molecule has 0 saturated carbocycles. The normalized spacial score (nSPS) is 11.5. The molecule has 0 aliphatic rings. The van der Waals surface area contributed by atoms with Gasteiger partial charge in [0.25, 0.3) is 0 Å². The highest BCUT2D eigenvalue weighted by Gasteiger charge is 2.30. The lowest BCUT2D eigenvalue weighted by molar-refractivity contribution is -0.137. The lowest BCUT2D eigenvalue weighted by Gasteiger charge is -2.13. The first-order valence-electron chi connectivity index (χ1n) is 6.13. The number of hydrogen-bond donors (Lipinski definition) is 1. The highest BCUT2D eigenvalue weighted by molar-refractivity contribution is 9.11. The van der Waals surface area contributed by atoms with Crippen LogP contribution in [0.5, 0.6) is 0 Å². The first-order valence-corrected chi connectivity index (χ1v) is 7.71. The quantitative estimate of drug-likeness (QED) is 0.625. The zero-order valence-electron chi connectivity index (χ0n) is 11.1. The second-order valence-corrected chi connectivity index (χ2v) is 6.36. The third-order valence-corrected chi connectivity index (χ3v) is 4.16. The van der Waals surface area contributed by atoms with E-state index < -0.39 is 11.7 Å². The van der Waals surface area contributed by atoms with Gasteiger partial charge in [-0.15, -0.1) is 0 Å². The van der Waals surface area contributed by atoms with E-state index in [9.17, 15) is 13.2 Å². The van der Waals surface area contributed by atoms with Crippen molar-refractivity contribution in [1.29, 1.82) is 0 Å². The van der Waals surface area contributed by atoms with Crippen LogP contribution in [0.2, 0.25) is 0 Å². The number of anilines is 1. The molecule has 2 aromatic rings. The molecule has 0 saturated heterocycles. The van der Waals surface area contributed by atoms with Crippen LogP contribution in [0.1, 0.15) is 16.7 Å². The number of halogens is 5. The van der Waals surface area contributed by atoms with Crippen LogP contribution in [-0.2, 0) is 12.7 Å². The van der Waals surface area contributed by atoms with Crippen molar-refractivity contribution < 1.29 is 13.2 Å². The van der Waals surface area contributed by atoms with Gasteiger partial charge >= 0.3 is 6.18 Å². The van der Waals surface area contributed by atoms with Crippen LogP contribution < -0.4 is 5.32 Å². The molecule has 6 heteroatoms. The summed E-state index contributed by atoms with van der Waals surface area (Å²) >= 11 is 6.89. The largest absolute Gasteiger partial charge is 0.416 e. The van der Waals surface area contributed by atoms with Crippen molar-refractivity contribution in [1.82, 2.24) is 0 Å². The number of nitrogens with one attached hydrogen (secondary N) is 1. The van der Waals surface area contributed by atoms with Gasteiger partial charge in [0.1, 0.15) is 0 Å². The summed E-state index contributed by atoms with van der Waals surface area (Å²) < 4.78 is 39.7. The Balaban J connectivity index is 2.18. The molecule has 0 bridgehead atoms. The first-order chi connectivity index (χ1) is 9.77. The number of aryl methyl sites for hydroxylation is 1. The molecule has 1 nitrogen and oxygen atoms in total. The lowest BCUT2D eigenvalue weighted by atomic mass is 10.1. The average Bonchev–Trinajstić information content (AvgIpc) is 2.36. The number of rotatable bonds is 3. The molecule has 2 rings (SSSR count). The van der Waals surface area contributed by atoms with E-state index in [1.54, 1.807) is 6.07 Å². The molecule has 0 atom stereocenters. The maximum absolute atomic E-state index is 12.7. The summed E-state index contributed by atoms with van der Waals surface area (Å²) in [6.07, 6.45) is -4.32. The minimum Gasteiger partial charge on any atom is -0.379 e. The Hall–Kier alpha value is -1.01. The summed E-state index contributed by atoms with van der Waals surface area (Å²) in [4.78, 5) is 0. The molecule has 0 unspecified atom stereocenters. The van der Waals surface area contributed by atoms with Crippen LogP contribution in [0.4, 0.5) is 18.9 Å². The molecular formula is C15H12Br2F3N. The minimum atomic E-state index is -4.32. The van der Waals surface area contributed by atoms with Gasteiger partial charge in [0.2, 0.25) is 0 Å². The van der Waals surface area contributed by atoms with E-state index >= 15 is 0 Å². The summed E-state index contributed by atoms with van der Waals surface area (Å²) in [5.74, 6) is 0. The Bertz CT molecular complexity index is 631. The Morgan fingerprint density at radius 3 is 2.24 bits per heavy atom. The van der Waals surface area contributed by atoms with E-state index in [1.165, 1.54) is 6.07 Å². The SMILES string of the molecule is Cc1cc(Br)c(NCc2cccc(C(F)(F)F)c2)c(Br)c1. The molecule has 2 aromatic carbocycles. The first kappa shape index (κ1) is 16.4. The van der Waals surface area contributed by atoms with E-state index in [2.05, 4.69) is 37.2 Å². The van der Waals surface area contributed by atoms with Gasteiger partial charge in [-0.05, 0) is 74.2 Å². The summed E-state index contributed by atoms with van der Waals surface area (Å²) in [7, 11) is 0. The van der Waals surface area contributed by atoms with Crippen LogP contribution in [0, 0.1) is 6.92 Å². The third kappa shape index (κ3) is 4.23. The van der Waals surface area contributed by atoms with Gasteiger partial charge in [0, 0.05) is 15.5 Å². The summed E-state index contributed by atoms with van der Waals surface area (Å²) in [6, 6.07) is 9.19. The highest BCUT2D eigenvalue weighted by atomic mass is 79.9. The Labute approximate surface area is 137 Å². The van der Waals surface area contributed by atoms with Gasteiger partial charge in [-0.3, -0.25) is 0 Å². The summed E-state index contributed by atoms with van der Waals surface area (Å²) in [5.41, 5.74) is 1.84. The van der Waals surface area contributed by atoms with Crippen LogP contribution >= 0.6 is 31.9 Å². The molecule has 0 fully saturated rings. The number of alkyl halides is 3. The molecule has 0 heterocycles. The van der Waals surface area contributed by atoms with Crippen molar-refractivity contribution in [3.8, 4) is 0 Å². The Morgan fingerprint density at radius 2 is 1.67 bits per heavy atom. The number of hydrogen-bond acceptors (Lipinski definition) is 1. The molecule has 0 amide bonds. The summed E-state index contributed by atoms with van der Waals surface area (Å²) in [5, 5.41) is 3.14. The van der Waals surface area contributed by atoms with Gasteiger partial charge in [-0.1, -0.05) is 12.1 Å². The van der Waals surface area contributed by atoms with Crippen molar-refractivity contribution in [2.75, 3.05) is 5.32 Å². The molecule has 21 heavy (non-hydrogen) atoms. The monoisotopic (exact) mass is 421 g/mol.